The van der Waals surface area contributed by atoms with Crippen LogP contribution in [0.3, 0.4) is 0 Å². The molecule has 0 unspecified atom stereocenters. The molecule has 2 N–H and O–H groups in total. The van der Waals surface area contributed by atoms with Gasteiger partial charge in [0.1, 0.15) is 5.82 Å². The number of rotatable bonds is 14. The van der Waals surface area contributed by atoms with Crippen LogP contribution >= 0.6 is 0 Å². The number of hydrogen-bond donors (Lipinski definition) is 2. The lowest BCUT2D eigenvalue weighted by molar-refractivity contribution is 0.0697. The Morgan fingerprint density at radius 1 is 0.889 bits per heavy atom. The zero-order chi connectivity index (χ0) is 26.0. The lowest BCUT2D eigenvalue weighted by Crippen LogP contribution is -2.09. The zero-order valence-corrected chi connectivity index (χ0v) is 21.5. The number of anilines is 1. The molecule has 0 saturated heterocycles. The van der Waals surface area contributed by atoms with Gasteiger partial charge in [-0.05, 0) is 79.6 Å². The molecule has 5 nitrogen and oxygen atoms in total. The first-order valence-electron chi connectivity index (χ1n) is 12.4. The van der Waals surface area contributed by atoms with Crippen molar-refractivity contribution in [3.63, 3.8) is 0 Å². The van der Waals surface area contributed by atoms with Crippen LogP contribution in [0.4, 0.5) is 10.1 Å². The minimum atomic E-state index is -3.46. The molecule has 0 heterocycles. The molecule has 3 aromatic rings. The second-order valence-corrected chi connectivity index (χ2v) is 11.2. The first kappa shape index (κ1) is 27.4. The van der Waals surface area contributed by atoms with Crippen LogP contribution in [0.2, 0.25) is 0 Å². The second-order valence-electron chi connectivity index (χ2n) is 9.08. The highest BCUT2D eigenvalue weighted by Crippen LogP contribution is 2.20. The van der Waals surface area contributed by atoms with Crippen molar-refractivity contribution in [1.29, 1.82) is 0 Å². The maximum atomic E-state index is 13.5. The standard InChI is InChI=1S/C29H34FNO4S/c1-22-11-18-26(30)21-28(22)36(34,35)20-8-4-2-3-7-19-31-27-10-6-5-9-24(27)15-12-23-13-16-25(17-14-23)29(32)33/h5-6,9-11,13-14,16-18,21,31H,2-4,7-8,12,15,19-20H2,1H3,(H,32,33). The van der Waals surface area contributed by atoms with E-state index in [0.717, 1.165) is 62.4 Å². The number of unbranched alkanes of at least 4 members (excludes halogenated alkanes) is 4. The van der Waals surface area contributed by atoms with Crippen molar-refractivity contribution in [3.8, 4) is 0 Å². The van der Waals surface area contributed by atoms with Gasteiger partial charge in [-0.25, -0.2) is 17.6 Å². The molecule has 3 rings (SSSR count). The number of carboxylic acid groups (broad SMARTS) is 1. The van der Waals surface area contributed by atoms with Gasteiger partial charge in [0.25, 0.3) is 0 Å². The van der Waals surface area contributed by atoms with Crippen LogP contribution in [0.1, 0.15) is 59.2 Å². The molecule has 0 aliphatic carbocycles. The predicted octanol–water partition coefficient (Wildman–Crippen LogP) is 6.45. The van der Waals surface area contributed by atoms with Crippen molar-refractivity contribution in [2.45, 2.75) is 56.8 Å². The van der Waals surface area contributed by atoms with Crippen LogP contribution in [0.25, 0.3) is 0 Å². The Morgan fingerprint density at radius 2 is 1.58 bits per heavy atom. The molecule has 0 amide bonds. The van der Waals surface area contributed by atoms with Gasteiger partial charge in [-0.15, -0.1) is 0 Å². The van der Waals surface area contributed by atoms with E-state index in [4.69, 9.17) is 5.11 Å². The summed E-state index contributed by atoms with van der Waals surface area (Å²) in [7, 11) is -3.46. The van der Waals surface area contributed by atoms with Crippen LogP contribution in [0.5, 0.6) is 0 Å². The molecule has 0 fully saturated rings. The summed E-state index contributed by atoms with van der Waals surface area (Å²) in [5.41, 5.74) is 4.31. The highest BCUT2D eigenvalue weighted by Gasteiger charge is 2.17. The highest BCUT2D eigenvalue weighted by molar-refractivity contribution is 7.91. The summed E-state index contributed by atoms with van der Waals surface area (Å²) in [6.07, 6.45) is 6.02. The normalized spacial score (nSPS) is 11.4. The van der Waals surface area contributed by atoms with Crippen molar-refractivity contribution in [2.75, 3.05) is 17.6 Å². The first-order valence-corrected chi connectivity index (χ1v) is 14.0. The first-order chi connectivity index (χ1) is 17.3. The second kappa shape index (κ2) is 13.2. The van der Waals surface area contributed by atoms with Crippen molar-refractivity contribution >= 4 is 21.5 Å². The monoisotopic (exact) mass is 511 g/mol. The smallest absolute Gasteiger partial charge is 0.335 e. The lowest BCUT2D eigenvalue weighted by atomic mass is 10.0. The summed E-state index contributed by atoms with van der Waals surface area (Å²) < 4.78 is 38.5. The predicted molar refractivity (Wildman–Crippen MR) is 142 cm³/mol. The molecular weight excluding hydrogens is 477 g/mol. The quantitative estimate of drug-likeness (QED) is 0.243. The van der Waals surface area contributed by atoms with Crippen LogP contribution in [-0.2, 0) is 22.7 Å². The lowest BCUT2D eigenvalue weighted by Gasteiger charge is -2.12. The Morgan fingerprint density at radius 3 is 2.33 bits per heavy atom. The molecule has 36 heavy (non-hydrogen) atoms. The van der Waals surface area contributed by atoms with Gasteiger partial charge in [0, 0.05) is 12.2 Å². The third kappa shape index (κ3) is 8.19. The van der Waals surface area contributed by atoms with Gasteiger partial charge >= 0.3 is 5.97 Å². The SMILES string of the molecule is Cc1ccc(F)cc1S(=O)(=O)CCCCCCCNc1ccccc1CCc1ccc(C(=O)O)cc1. The number of para-hydroxylation sites is 1. The van der Waals surface area contributed by atoms with Crippen molar-refractivity contribution in [1.82, 2.24) is 0 Å². The fraction of sp³-hybridized carbons (Fsp3) is 0.345. The average Bonchev–Trinajstić information content (AvgIpc) is 2.86. The van der Waals surface area contributed by atoms with Crippen molar-refractivity contribution < 1.29 is 22.7 Å². The number of aryl methyl sites for hydroxylation is 3. The Labute approximate surface area is 213 Å². The minimum Gasteiger partial charge on any atom is -0.478 e. The van der Waals surface area contributed by atoms with Gasteiger partial charge in [0.15, 0.2) is 9.84 Å². The maximum absolute atomic E-state index is 13.5. The summed E-state index contributed by atoms with van der Waals surface area (Å²) >= 11 is 0. The van der Waals surface area contributed by atoms with Crippen LogP contribution < -0.4 is 5.32 Å². The third-order valence-electron chi connectivity index (χ3n) is 6.29. The van der Waals surface area contributed by atoms with E-state index in [1.54, 1.807) is 19.1 Å². The maximum Gasteiger partial charge on any atom is 0.335 e. The number of sulfone groups is 1. The van der Waals surface area contributed by atoms with Crippen LogP contribution in [0.15, 0.2) is 71.6 Å². The number of carboxylic acids is 1. The van der Waals surface area contributed by atoms with E-state index in [1.165, 1.54) is 17.7 Å². The van der Waals surface area contributed by atoms with Crippen LogP contribution in [0, 0.1) is 12.7 Å². The number of hydrogen-bond acceptors (Lipinski definition) is 4. The molecule has 0 spiro atoms. The van der Waals surface area contributed by atoms with E-state index >= 15 is 0 Å². The van der Waals surface area contributed by atoms with E-state index in [1.807, 2.05) is 24.3 Å². The summed E-state index contributed by atoms with van der Waals surface area (Å²) in [5.74, 6) is -1.40. The van der Waals surface area contributed by atoms with E-state index < -0.39 is 21.6 Å². The molecule has 192 valence electrons. The Bertz CT molecular complexity index is 1260. The summed E-state index contributed by atoms with van der Waals surface area (Å²) in [6.45, 7) is 2.53. The molecule has 0 atom stereocenters. The van der Waals surface area contributed by atoms with E-state index in [0.29, 0.717) is 17.5 Å². The minimum absolute atomic E-state index is 0.0436. The fourth-order valence-corrected chi connectivity index (χ4v) is 5.85. The molecule has 0 aliphatic heterocycles. The summed E-state index contributed by atoms with van der Waals surface area (Å²) in [5, 5.41) is 12.5. The van der Waals surface area contributed by atoms with Crippen molar-refractivity contribution in [2.24, 2.45) is 0 Å². The molecule has 0 bridgehead atoms. The molecule has 0 saturated carbocycles. The number of aromatic carboxylic acids is 1. The molecule has 3 aromatic carbocycles. The molecular formula is C29H34FNO4S. The van der Waals surface area contributed by atoms with E-state index in [-0.39, 0.29) is 10.6 Å². The molecule has 0 radical (unpaired) electrons. The topological polar surface area (TPSA) is 83.5 Å². The van der Waals surface area contributed by atoms with Gasteiger partial charge < -0.3 is 10.4 Å². The third-order valence-corrected chi connectivity index (χ3v) is 8.23. The molecule has 0 aliphatic rings. The Hall–Kier alpha value is -3.19. The highest BCUT2D eigenvalue weighted by atomic mass is 32.2. The fourth-order valence-electron chi connectivity index (χ4n) is 4.19. The molecule has 0 aromatic heterocycles. The number of halogens is 1. The number of benzene rings is 3. The van der Waals surface area contributed by atoms with E-state index in [9.17, 15) is 17.6 Å². The van der Waals surface area contributed by atoms with Crippen LogP contribution in [-0.4, -0.2) is 31.8 Å². The van der Waals surface area contributed by atoms with Gasteiger partial charge in [0.05, 0.1) is 16.2 Å². The van der Waals surface area contributed by atoms with Gasteiger partial charge in [-0.1, -0.05) is 55.7 Å². The number of carbonyl (C=O) groups is 1. The van der Waals surface area contributed by atoms with Crippen molar-refractivity contribution in [3.05, 3.63) is 94.8 Å². The number of nitrogens with one attached hydrogen (secondary N) is 1. The van der Waals surface area contributed by atoms with Gasteiger partial charge in [-0.3, -0.25) is 0 Å². The summed E-state index contributed by atoms with van der Waals surface area (Å²) in [6, 6.07) is 19.1. The summed E-state index contributed by atoms with van der Waals surface area (Å²) in [4.78, 5) is 11.1. The van der Waals surface area contributed by atoms with E-state index in [2.05, 4.69) is 17.4 Å². The van der Waals surface area contributed by atoms with Gasteiger partial charge in [-0.2, -0.15) is 0 Å². The molecule has 7 heteroatoms. The Balaban J connectivity index is 1.36. The largest absolute Gasteiger partial charge is 0.478 e. The zero-order valence-electron chi connectivity index (χ0n) is 20.7. The Kier molecular flexibility index (Phi) is 10.1. The van der Waals surface area contributed by atoms with Gasteiger partial charge in [0.2, 0.25) is 0 Å². The average molecular weight is 512 g/mol.